The van der Waals surface area contributed by atoms with Crippen molar-refractivity contribution in [2.24, 2.45) is 16.5 Å². The maximum atomic E-state index is 12.0. The number of rotatable bonds is 5. The lowest BCUT2D eigenvalue weighted by Gasteiger charge is -2.12. The number of hydrogen-bond acceptors (Lipinski definition) is 3. The monoisotopic (exact) mass is 331 g/mol. The van der Waals surface area contributed by atoms with E-state index < -0.39 is 21.7 Å². The summed E-state index contributed by atoms with van der Waals surface area (Å²) >= 11 is 6.10. The zero-order valence-electron chi connectivity index (χ0n) is 11.9. The molecule has 0 unspecified atom stereocenters. The van der Waals surface area contributed by atoms with Crippen molar-refractivity contribution >= 4 is 33.3 Å². The third kappa shape index (κ3) is 4.44. The highest BCUT2D eigenvalue weighted by Crippen LogP contribution is 2.30. The molecule has 21 heavy (non-hydrogen) atoms. The summed E-state index contributed by atoms with van der Waals surface area (Å²) in [5, 5.41) is -0.138. The summed E-state index contributed by atoms with van der Waals surface area (Å²) in [4.78, 5) is 15.2. The Morgan fingerprint density at radius 2 is 1.95 bits per heavy atom. The van der Waals surface area contributed by atoms with Crippen molar-refractivity contribution in [2.75, 3.05) is 6.26 Å². The molecule has 0 atom stereocenters. The minimum Gasteiger partial charge on any atom is -0.370 e. The largest absolute Gasteiger partial charge is 0.370 e. The number of aliphatic imine (C=N–C) groups is 1. The fraction of sp³-hybridized carbons (Fsp3) is 0.385. The van der Waals surface area contributed by atoms with Crippen molar-refractivity contribution < 1.29 is 13.2 Å². The molecule has 4 N–H and O–H groups in total. The third-order valence-electron chi connectivity index (χ3n) is 2.81. The zero-order valence-corrected chi connectivity index (χ0v) is 13.5. The Balaban J connectivity index is 3.48. The van der Waals surface area contributed by atoms with E-state index in [0.29, 0.717) is 12.0 Å². The van der Waals surface area contributed by atoms with Gasteiger partial charge in [0.1, 0.15) is 0 Å². The average Bonchev–Trinajstić information content (AvgIpc) is 2.33. The van der Waals surface area contributed by atoms with Crippen LogP contribution in [0.25, 0.3) is 0 Å². The van der Waals surface area contributed by atoms with Crippen LogP contribution in [0.4, 0.5) is 0 Å². The molecule has 6 nitrogen and oxygen atoms in total. The van der Waals surface area contributed by atoms with Crippen LogP contribution in [0.3, 0.4) is 0 Å². The Bertz CT molecular complexity index is 680. The van der Waals surface area contributed by atoms with Crippen molar-refractivity contribution in [1.29, 1.82) is 0 Å². The molecule has 0 aliphatic rings. The van der Waals surface area contributed by atoms with E-state index in [4.69, 9.17) is 23.1 Å². The molecule has 0 fully saturated rings. The number of amides is 1. The number of carbonyl (C=O) groups excluding carboxylic acids is 1. The van der Waals surface area contributed by atoms with Gasteiger partial charge in [-0.3, -0.25) is 4.79 Å². The second kappa shape index (κ2) is 6.91. The van der Waals surface area contributed by atoms with Crippen molar-refractivity contribution in [3.05, 3.63) is 28.3 Å². The fourth-order valence-corrected chi connectivity index (χ4v) is 3.67. The summed E-state index contributed by atoms with van der Waals surface area (Å²) in [7, 11) is -3.57. The minimum absolute atomic E-state index is 0.0331. The van der Waals surface area contributed by atoms with Crippen molar-refractivity contribution in [2.45, 2.75) is 31.1 Å². The molecule has 0 heterocycles. The van der Waals surface area contributed by atoms with Gasteiger partial charge >= 0.3 is 0 Å². The van der Waals surface area contributed by atoms with Crippen LogP contribution in [0.2, 0.25) is 5.02 Å². The quantitative estimate of drug-likeness (QED) is 0.626. The smallest absolute Gasteiger partial charge is 0.281 e. The minimum atomic E-state index is -3.57. The number of aryl methyl sites for hydroxylation is 1. The van der Waals surface area contributed by atoms with Crippen LogP contribution in [0, 0.1) is 0 Å². The molecule has 1 rings (SSSR count). The van der Waals surface area contributed by atoms with Gasteiger partial charge in [0.05, 0.1) is 15.5 Å². The van der Waals surface area contributed by atoms with E-state index in [9.17, 15) is 13.2 Å². The van der Waals surface area contributed by atoms with Crippen molar-refractivity contribution in [1.82, 2.24) is 0 Å². The lowest BCUT2D eigenvalue weighted by Crippen LogP contribution is -2.24. The molecule has 0 radical (unpaired) electrons. The SMILES string of the molecule is CCCCc1ccc(C(=O)N=C(N)N)c(Cl)c1S(C)(=O)=O. The molecule has 8 heteroatoms. The predicted octanol–water partition coefficient (Wildman–Crippen LogP) is 1.50. The first-order valence-electron chi connectivity index (χ1n) is 6.33. The van der Waals surface area contributed by atoms with Gasteiger partial charge in [0.15, 0.2) is 15.8 Å². The van der Waals surface area contributed by atoms with Gasteiger partial charge in [0, 0.05) is 6.26 Å². The number of benzene rings is 1. The number of hydrogen-bond donors (Lipinski definition) is 2. The molecule has 0 spiro atoms. The van der Waals surface area contributed by atoms with Crippen LogP contribution in [-0.2, 0) is 16.3 Å². The first kappa shape index (κ1) is 17.5. The lowest BCUT2D eigenvalue weighted by atomic mass is 10.1. The van der Waals surface area contributed by atoms with Gasteiger partial charge in [-0.05, 0) is 24.5 Å². The summed E-state index contributed by atoms with van der Waals surface area (Å²) in [5.74, 6) is -1.18. The number of unbranched alkanes of at least 4 members (excludes halogenated alkanes) is 1. The molecule has 0 saturated heterocycles. The second-order valence-corrected chi connectivity index (χ2v) is 6.96. The van der Waals surface area contributed by atoms with E-state index in [1.165, 1.54) is 6.07 Å². The molecule has 0 aliphatic heterocycles. The van der Waals surface area contributed by atoms with Crippen LogP contribution < -0.4 is 11.5 Å². The van der Waals surface area contributed by atoms with Gasteiger partial charge in [-0.25, -0.2) is 8.42 Å². The summed E-state index contributed by atoms with van der Waals surface area (Å²) in [6.07, 6.45) is 3.35. The van der Waals surface area contributed by atoms with E-state index in [1.54, 1.807) is 6.07 Å². The molecule has 1 amide bonds. The Morgan fingerprint density at radius 1 is 1.33 bits per heavy atom. The van der Waals surface area contributed by atoms with Crippen molar-refractivity contribution in [3.8, 4) is 0 Å². The van der Waals surface area contributed by atoms with Crippen LogP contribution in [0.1, 0.15) is 35.7 Å². The van der Waals surface area contributed by atoms with E-state index in [-0.39, 0.29) is 15.5 Å². The number of guanidine groups is 1. The predicted molar refractivity (Wildman–Crippen MR) is 83.3 cm³/mol. The lowest BCUT2D eigenvalue weighted by molar-refractivity contribution is 0.100. The van der Waals surface area contributed by atoms with Gasteiger partial charge in [0.2, 0.25) is 0 Å². The average molecular weight is 332 g/mol. The highest BCUT2D eigenvalue weighted by molar-refractivity contribution is 7.90. The van der Waals surface area contributed by atoms with Gasteiger partial charge in [0.25, 0.3) is 5.91 Å². The topological polar surface area (TPSA) is 116 Å². The molecular formula is C13H18ClN3O3S. The number of sulfone groups is 1. The highest BCUT2D eigenvalue weighted by Gasteiger charge is 2.23. The fourth-order valence-electron chi connectivity index (χ4n) is 1.90. The maximum absolute atomic E-state index is 12.0. The molecule has 0 aromatic heterocycles. The van der Waals surface area contributed by atoms with Crippen LogP contribution in [0.5, 0.6) is 0 Å². The van der Waals surface area contributed by atoms with Gasteiger partial charge in [-0.1, -0.05) is 31.0 Å². The third-order valence-corrected chi connectivity index (χ3v) is 4.52. The van der Waals surface area contributed by atoms with Crippen LogP contribution in [0.15, 0.2) is 22.0 Å². The van der Waals surface area contributed by atoms with Gasteiger partial charge in [-0.15, -0.1) is 0 Å². The Kier molecular flexibility index (Phi) is 5.74. The Labute approximate surface area is 129 Å². The first-order chi connectivity index (χ1) is 9.68. The van der Waals surface area contributed by atoms with E-state index in [0.717, 1.165) is 19.1 Å². The molecule has 0 bridgehead atoms. The molecular weight excluding hydrogens is 314 g/mol. The van der Waals surface area contributed by atoms with Gasteiger partial charge in [-0.2, -0.15) is 4.99 Å². The number of nitrogens with zero attached hydrogens (tertiary/aromatic N) is 1. The summed E-state index contributed by atoms with van der Waals surface area (Å²) in [6, 6.07) is 3.02. The standard InChI is InChI=1S/C13H18ClN3O3S/c1-3-4-5-8-6-7-9(12(18)17-13(15)16)10(14)11(8)21(2,19)20/h6-7H,3-5H2,1-2H3,(H4,15,16,17,18). The molecule has 1 aromatic rings. The van der Waals surface area contributed by atoms with E-state index in [1.807, 2.05) is 6.92 Å². The normalized spacial score (nSPS) is 11.2. The first-order valence-corrected chi connectivity index (χ1v) is 8.60. The number of carbonyl (C=O) groups is 1. The van der Waals surface area contributed by atoms with Crippen LogP contribution >= 0.6 is 11.6 Å². The summed E-state index contributed by atoms with van der Waals surface area (Å²) in [5.41, 5.74) is 10.8. The Morgan fingerprint density at radius 3 is 2.43 bits per heavy atom. The van der Waals surface area contributed by atoms with Gasteiger partial charge < -0.3 is 11.5 Å². The maximum Gasteiger partial charge on any atom is 0.281 e. The zero-order chi connectivity index (χ0) is 16.2. The van der Waals surface area contributed by atoms with E-state index in [2.05, 4.69) is 4.99 Å². The van der Waals surface area contributed by atoms with E-state index >= 15 is 0 Å². The molecule has 1 aromatic carbocycles. The molecule has 0 aliphatic carbocycles. The van der Waals surface area contributed by atoms with Crippen molar-refractivity contribution in [3.63, 3.8) is 0 Å². The Hall–Kier alpha value is -1.60. The highest BCUT2D eigenvalue weighted by atomic mass is 35.5. The van der Waals surface area contributed by atoms with Crippen LogP contribution in [-0.4, -0.2) is 26.5 Å². The second-order valence-electron chi connectivity index (χ2n) is 4.63. The number of nitrogens with two attached hydrogens (primary N) is 2. The molecule has 116 valence electrons. The summed E-state index contributed by atoms with van der Waals surface area (Å²) < 4.78 is 23.9. The molecule has 0 saturated carbocycles. The summed E-state index contributed by atoms with van der Waals surface area (Å²) in [6.45, 7) is 2.00. The number of halogens is 1.